The Hall–Kier alpha value is -1.51. The molecule has 0 bridgehead atoms. The van der Waals surface area contributed by atoms with Crippen LogP contribution in [0.5, 0.6) is 5.75 Å². The maximum atomic E-state index is 12.1. The van der Waals surface area contributed by atoms with Crippen molar-refractivity contribution >= 4 is 35.8 Å². The number of likely N-dealkylation sites (tertiary alicyclic amines) is 1. The second kappa shape index (κ2) is 13.0. The molecule has 30 heavy (non-hydrogen) atoms. The maximum absolute atomic E-state index is 12.1. The number of guanidine groups is 1. The van der Waals surface area contributed by atoms with Crippen molar-refractivity contribution in [3.8, 4) is 5.75 Å². The summed E-state index contributed by atoms with van der Waals surface area (Å²) in [5.74, 6) is 3.13. The van der Waals surface area contributed by atoms with E-state index in [1.807, 2.05) is 12.1 Å². The topological polar surface area (TPSA) is 66.0 Å². The Balaban J connectivity index is 0.00000320. The van der Waals surface area contributed by atoms with Gasteiger partial charge in [0.1, 0.15) is 5.75 Å². The summed E-state index contributed by atoms with van der Waals surface area (Å²) < 4.78 is 5.26. The molecule has 1 unspecified atom stereocenters. The Morgan fingerprint density at radius 2 is 1.90 bits per heavy atom. The number of benzene rings is 1. The molecular weight excluding hydrogens is 491 g/mol. The number of ether oxygens (including phenoxy) is 1. The zero-order valence-electron chi connectivity index (χ0n) is 18.4. The Labute approximate surface area is 198 Å². The highest BCUT2D eigenvalue weighted by Crippen LogP contribution is 2.29. The fourth-order valence-corrected chi connectivity index (χ4v) is 4.43. The van der Waals surface area contributed by atoms with E-state index >= 15 is 0 Å². The first-order valence-electron chi connectivity index (χ1n) is 11.1. The van der Waals surface area contributed by atoms with E-state index in [0.29, 0.717) is 31.3 Å². The number of carbonyl (C=O) groups is 1. The molecule has 1 aromatic carbocycles. The first kappa shape index (κ1) is 24.8. The second-order valence-electron chi connectivity index (χ2n) is 8.14. The Kier molecular flexibility index (Phi) is 10.7. The second-order valence-corrected chi connectivity index (χ2v) is 8.14. The lowest BCUT2D eigenvalue weighted by Crippen LogP contribution is -2.40. The van der Waals surface area contributed by atoms with Gasteiger partial charge in [-0.2, -0.15) is 0 Å². The summed E-state index contributed by atoms with van der Waals surface area (Å²) in [7, 11) is 1.70. The predicted molar refractivity (Wildman–Crippen MR) is 133 cm³/mol. The van der Waals surface area contributed by atoms with E-state index in [2.05, 4.69) is 34.6 Å². The Bertz CT molecular complexity index is 674. The molecular formula is C23H37IN4O2. The van der Waals surface area contributed by atoms with Crippen LogP contribution in [0.2, 0.25) is 0 Å². The molecule has 7 heteroatoms. The van der Waals surface area contributed by atoms with Gasteiger partial charge in [-0.3, -0.25) is 9.79 Å². The molecule has 1 aromatic rings. The van der Waals surface area contributed by atoms with Crippen LogP contribution >= 0.6 is 24.0 Å². The molecule has 1 amide bonds. The van der Waals surface area contributed by atoms with Gasteiger partial charge < -0.3 is 20.3 Å². The van der Waals surface area contributed by atoms with E-state index in [1.54, 1.807) is 7.11 Å². The Morgan fingerprint density at radius 3 is 2.57 bits per heavy atom. The number of nitrogens with one attached hydrogen (secondary N) is 2. The van der Waals surface area contributed by atoms with Crippen LogP contribution in [-0.4, -0.2) is 56.6 Å². The van der Waals surface area contributed by atoms with Crippen molar-refractivity contribution < 1.29 is 9.53 Å². The molecule has 0 spiro atoms. The third-order valence-corrected chi connectivity index (χ3v) is 6.05. The summed E-state index contributed by atoms with van der Waals surface area (Å²) in [6, 6.07) is 8.39. The normalized spacial score (nSPS) is 19.5. The van der Waals surface area contributed by atoms with Crippen LogP contribution < -0.4 is 15.4 Å². The summed E-state index contributed by atoms with van der Waals surface area (Å²) in [4.78, 5) is 19.2. The summed E-state index contributed by atoms with van der Waals surface area (Å²) in [6.07, 6.45) is 6.78. The molecule has 2 N–H and O–H groups in total. The molecule has 1 heterocycles. The number of aliphatic imine (C=N–C) groups is 1. The molecule has 1 atom stereocenters. The maximum Gasteiger partial charge on any atom is 0.220 e. The number of halogens is 1. The van der Waals surface area contributed by atoms with E-state index in [-0.39, 0.29) is 29.9 Å². The highest BCUT2D eigenvalue weighted by atomic mass is 127. The highest BCUT2D eigenvalue weighted by Gasteiger charge is 2.26. The third kappa shape index (κ3) is 7.32. The van der Waals surface area contributed by atoms with E-state index in [1.165, 1.54) is 31.2 Å². The smallest absolute Gasteiger partial charge is 0.220 e. The summed E-state index contributed by atoms with van der Waals surface area (Å²) in [5.41, 5.74) is 1.35. The summed E-state index contributed by atoms with van der Waals surface area (Å²) >= 11 is 0. The first-order valence-corrected chi connectivity index (χ1v) is 11.1. The molecule has 0 radical (unpaired) electrons. The van der Waals surface area contributed by atoms with Crippen LogP contribution in [-0.2, 0) is 4.79 Å². The lowest BCUT2D eigenvalue weighted by Gasteiger charge is -2.22. The van der Waals surface area contributed by atoms with Crippen LogP contribution in [0.1, 0.15) is 56.9 Å². The minimum absolute atomic E-state index is 0. The molecule has 1 saturated carbocycles. The lowest BCUT2D eigenvalue weighted by atomic mass is 9.98. The van der Waals surface area contributed by atoms with E-state index < -0.39 is 0 Å². The zero-order chi connectivity index (χ0) is 20.5. The lowest BCUT2D eigenvalue weighted by molar-refractivity contribution is -0.121. The molecule has 1 saturated heterocycles. The molecule has 0 aromatic heterocycles. The van der Waals surface area contributed by atoms with Gasteiger partial charge in [0, 0.05) is 38.5 Å². The molecule has 3 rings (SSSR count). The number of hydrogen-bond acceptors (Lipinski definition) is 3. The summed E-state index contributed by atoms with van der Waals surface area (Å²) in [5, 5.41) is 6.44. The largest absolute Gasteiger partial charge is 0.497 e. The van der Waals surface area contributed by atoms with Crippen molar-refractivity contribution in [2.45, 2.75) is 51.4 Å². The van der Waals surface area contributed by atoms with Gasteiger partial charge in [0.25, 0.3) is 0 Å². The van der Waals surface area contributed by atoms with Gasteiger partial charge in [0.05, 0.1) is 13.7 Å². The molecule has 2 fully saturated rings. The van der Waals surface area contributed by atoms with Crippen molar-refractivity contribution in [2.75, 3.05) is 39.8 Å². The van der Waals surface area contributed by atoms with Gasteiger partial charge in [-0.1, -0.05) is 25.0 Å². The fraction of sp³-hybridized carbons (Fsp3) is 0.652. The van der Waals surface area contributed by atoms with Crippen molar-refractivity contribution in [3.05, 3.63) is 29.8 Å². The number of carbonyl (C=O) groups excluding carboxylic acids is 1. The number of amides is 1. The van der Waals surface area contributed by atoms with Gasteiger partial charge in [0.2, 0.25) is 5.91 Å². The van der Waals surface area contributed by atoms with Crippen molar-refractivity contribution in [2.24, 2.45) is 10.9 Å². The van der Waals surface area contributed by atoms with Crippen molar-refractivity contribution in [1.29, 1.82) is 0 Å². The SMILES string of the molecule is CCNC(=NCCNC(=O)CC1CCCC1)N1CCC(c2ccc(OC)cc2)C1.I. The van der Waals surface area contributed by atoms with Gasteiger partial charge in [-0.05, 0) is 49.8 Å². The van der Waals surface area contributed by atoms with Crippen LogP contribution in [0.25, 0.3) is 0 Å². The molecule has 1 aliphatic heterocycles. The average molecular weight is 528 g/mol. The van der Waals surface area contributed by atoms with Gasteiger partial charge in [-0.15, -0.1) is 24.0 Å². The average Bonchev–Trinajstić information content (AvgIpc) is 3.42. The zero-order valence-corrected chi connectivity index (χ0v) is 20.7. The molecule has 168 valence electrons. The Morgan fingerprint density at radius 1 is 1.17 bits per heavy atom. The monoisotopic (exact) mass is 528 g/mol. The third-order valence-electron chi connectivity index (χ3n) is 6.05. The van der Waals surface area contributed by atoms with E-state index in [9.17, 15) is 4.79 Å². The number of hydrogen-bond donors (Lipinski definition) is 2. The predicted octanol–water partition coefficient (Wildman–Crippen LogP) is 3.76. The van der Waals surface area contributed by atoms with Gasteiger partial charge >= 0.3 is 0 Å². The van der Waals surface area contributed by atoms with Crippen LogP contribution in [0.15, 0.2) is 29.3 Å². The highest BCUT2D eigenvalue weighted by molar-refractivity contribution is 14.0. The fourth-order valence-electron chi connectivity index (χ4n) is 4.43. The molecule has 6 nitrogen and oxygen atoms in total. The quantitative estimate of drug-likeness (QED) is 0.234. The standard InChI is InChI=1S/C23H36N4O2.HI/c1-3-24-23(26-14-13-25-22(28)16-18-6-4-5-7-18)27-15-12-20(17-27)19-8-10-21(29-2)11-9-19;/h8-11,18,20H,3-7,12-17H2,1-2H3,(H,24,26)(H,25,28);1H. The van der Waals surface area contributed by atoms with Crippen molar-refractivity contribution in [1.82, 2.24) is 15.5 Å². The minimum atomic E-state index is 0. The summed E-state index contributed by atoms with van der Waals surface area (Å²) in [6.45, 7) is 6.12. The van der Waals surface area contributed by atoms with Crippen LogP contribution in [0, 0.1) is 5.92 Å². The minimum Gasteiger partial charge on any atom is -0.497 e. The van der Waals surface area contributed by atoms with Crippen LogP contribution in [0.4, 0.5) is 0 Å². The van der Waals surface area contributed by atoms with Gasteiger partial charge in [-0.25, -0.2) is 0 Å². The number of methoxy groups -OCH3 is 1. The first-order chi connectivity index (χ1) is 14.2. The molecule has 1 aliphatic carbocycles. The number of rotatable bonds is 8. The molecule has 2 aliphatic rings. The van der Waals surface area contributed by atoms with Crippen molar-refractivity contribution in [3.63, 3.8) is 0 Å². The number of nitrogens with zero attached hydrogens (tertiary/aromatic N) is 2. The van der Waals surface area contributed by atoms with Gasteiger partial charge in [0.15, 0.2) is 5.96 Å². The van der Waals surface area contributed by atoms with Crippen LogP contribution in [0.3, 0.4) is 0 Å². The van der Waals surface area contributed by atoms with E-state index in [0.717, 1.165) is 37.8 Å². The van der Waals surface area contributed by atoms with E-state index in [4.69, 9.17) is 9.73 Å².